The van der Waals surface area contributed by atoms with E-state index in [0.29, 0.717) is 5.92 Å². The van der Waals surface area contributed by atoms with Crippen LogP contribution in [-0.2, 0) is 14.3 Å². The molecule has 32 heavy (non-hydrogen) atoms. The fourth-order valence-electron chi connectivity index (χ4n) is 8.73. The number of unbranched alkanes of at least 4 members (excludes halogenated alkanes) is 1. The molecule has 0 spiro atoms. The van der Waals surface area contributed by atoms with Gasteiger partial charge >= 0.3 is 5.97 Å². The van der Waals surface area contributed by atoms with Crippen LogP contribution in [0.15, 0.2) is 34.8 Å². The molecular weight excluding hydrogens is 396 g/mol. The molecule has 0 radical (unpaired) electrons. The molecule has 0 aromatic rings. The van der Waals surface area contributed by atoms with Gasteiger partial charge in [0, 0.05) is 19.3 Å². The third-order valence-corrected chi connectivity index (χ3v) is 10.3. The van der Waals surface area contributed by atoms with Crippen molar-refractivity contribution >= 4 is 5.97 Å². The Balaban J connectivity index is 1.43. The Morgan fingerprint density at radius 2 is 1.97 bits per heavy atom. The van der Waals surface area contributed by atoms with Gasteiger partial charge in [-0.05, 0) is 98.0 Å². The average molecular weight is 439 g/mol. The van der Waals surface area contributed by atoms with Crippen LogP contribution in [0.4, 0.5) is 0 Å². The van der Waals surface area contributed by atoms with E-state index in [2.05, 4.69) is 40.0 Å². The van der Waals surface area contributed by atoms with E-state index in [1.165, 1.54) is 50.7 Å². The van der Waals surface area contributed by atoms with Gasteiger partial charge in [0.05, 0.1) is 6.26 Å². The highest BCUT2D eigenvalue weighted by atomic mass is 16.5. The van der Waals surface area contributed by atoms with E-state index in [-0.39, 0.29) is 22.9 Å². The summed E-state index contributed by atoms with van der Waals surface area (Å²) in [5.41, 5.74) is 5.36. The van der Waals surface area contributed by atoms with Gasteiger partial charge in [-0.1, -0.05) is 38.8 Å². The average Bonchev–Trinajstić information content (AvgIpc) is 3.07. The molecule has 0 saturated heterocycles. The van der Waals surface area contributed by atoms with Crippen molar-refractivity contribution in [3.05, 3.63) is 34.8 Å². The summed E-state index contributed by atoms with van der Waals surface area (Å²) in [6, 6.07) is 0. The molecule has 3 fully saturated rings. The lowest BCUT2D eigenvalue weighted by molar-refractivity contribution is -0.148. The van der Waals surface area contributed by atoms with Crippen LogP contribution in [0.1, 0.15) is 98.8 Å². The number of allylic oxidation sites excluding steroid dienone is 4. The van der Waals surface area contributed by atoms with Crippen molar-refractivity contribution in [2.45, 2.75) is 105 Å². The van der Waals surface area contributed by atoms with E-state index in [9.17, 15) is 4.79 Å². The van der Waals surface area contributed by atoms with Gasteiger partial charge in [0.2, 0.25) is 0 Å². The molecule has 0 aromatic carbocycles. The summed E-state index contributed by atoms with van der Waals surface area (Å²) in [7, 11) is 0. The molecule has 7 atom stereocenters. The fraction of sp³-hybridized carbons (Fsp3) is 0.759. The highest BCUT2D eigenvalue weighted by Crippen LogP contribution is 2.69. The van der Waals surface area contributed by atoms with Crippen molar-refractivity contribution in [3.8, 4) is 0 Å². The Hall–Kier alpha value is -1.51. The number of carbonyl (C=O) groups is 1. The molecule has 0 unspecified atom stereocenters. The molecule has 3 saturated carbocycles. The molecule has 1 aliphatic heterocycles. The number of fused-ring (bicyclic) bond motifs is 7. The van der Waals surface area contributed by atoms with Crippen LogP contribution in [-0.4, -0.2) is 12.1 Å². The van der Waals surface area contributed by atoms with Crippen LogP contribution in [0, 0.1) is 34.5 Å². The van der Waals surface area contributed by atoms with Crippen molar-refractivity contribution in [1.29, 1.82) is 0 Å². The Morgan fingerprint density at radius 3 is 2.72 bits per heavy atom. The van der Waals surface area contributed by atoms with Crippen molar-refractivity contribution < 1.29 is 14.3 Å². The topological polar surface area (TPSA) is 35.5 Å². The van der Waals surface area contributed by atoms with Crippen LogP contribution >= 0.6 is 0 Å². The van der Waals surface area contributed by atoms with Gasteiger partial charge in [-0.25, -0.2) is 0 Å². The zero-order valence-electron chi connectivity index (χ0n) is 20.8. The lowest BCUT2D eigenvalue weighted by Gasteiger charge is -2.57. The summed E-state index contributed by atoms with van der Waals surface area (Å²) in [6.07, 6.45) is 16.7. The SMILES string of the molecule is CCCCC1=COC(C)=C2[C@H]1C[C@H]1[C@@H]3CC=C4C[C@@H](OC(C)=O)CC[C@]4(C)[C@H]3CC[C@]21C. The predicted octanol–water partition coefficient (Wildman–Crippen LogP) is 7.49. The van der Waals surface area contributed by atoms with E-state index < -0.39 is 0 Å². The molecule has 0 amide bonds. The zero-order chi connectivity index (χ0) is 22.7. The Labute approximate surface area is 194 Å². The second-order valence-corrected chi connectivity index (χ2v) is 11.9. The summed E-state index contributed by atoms with van der Waals surface area (Å²) in [5.74, 6) is 3.97. The Kier molecular flexibility index (Phi) is 5.62. The van der Waals surface area contributed by atoms with Gasteiger partial charge in [-0.2, -0.15) is 0 Å². The van der Waals surface area contributed by atoms with Crippen LogP contribution in [0.25, 0.3) is 0 Å². The van der Waals surface area contributed by atoms with Crippen molar-refractivity contribution in [2.75, 3.05) is 0 Å². The van der Waals surface area contributed by atoms with E-state index in [0.717, 1.165) is 37.0 Å². The predicted molar refractivity (Wildman–Crippen MR) is 128 cm³/mol. The number of ether oxygens (including phenoxy) is 2. The minimum atomic E-state index is -0.132. The maximum atomic E-state index is 11.5. The molecule has 0 N–H and O–H groups in total. The number of carbonyl (C=O) groups excluding carboxylic acids is 1. The molecule has 4 aliphatic carbocycles. The van der Waals surface area contributed by atoms with E-state index in [1.807, 2.05) is 0 Å². The fourth-order valence-corrected chi connectivity index (χ4v) is 8.73. The summed E-state index contributed by atoms with van der Waals surface area (Å²) in [4.78, 5) is 11.5. The molecule has 1 heterocycles. The standard InChI is InChI=1S/C29H42O3/c1-6-7-8-20-17-31-18(2)27-24(20)16-26-23-10-9-21-15-22(32-19(3)30)11-13-28(21,4)25(23)12-14-29(26,27)5/h9,17,22-26H,6-8,10-16H2,1-5H3/t22-,23+,24-,25-,26-,28-,29-/m0/s1. The Bertz CT molecular complexity index is 879. The lowest BCUT2D eigenvalue weighted by atomic mass is 9.48. The lowest BCUT2D eigenvalue weighted by Crippen LogP contribution is -2.49. The van der Waals surface area contributed by atoms with Crippen molar-refractivity contribution in [3.63, 3.8) is 0 Å². The van der Waals surface area contributed by atoms with Gasteiger partial charge in [0.1, 0.15) is 11.9 Å². The van der Waals surface area contributed by atoms with Crippen LogP contribution in [0.2, 0.25) is 0 Å². The smallest absolute Gasteiger partial charge is 0.302 e. The molecule has 3 nitrogen and oxygen atoms in total. The van der Waals surface area contributed by atoms with E-state index in [4.69, 9.17) is 9.47 Å². The van der Waals surface area contributed by atoms with Crippen molar-refractivity contribution in [2.24, 2.45) is 34.5 Å². The molecule has 0 aromatic heterocycles. The first kappa shape index (κ1) is 22.3. The zero-order valence-corrected chi connectivity index (χ0v) is 20.8. The molecular formula is C29H42O3. The van der Waals surface area contributed by atoms with Crippen LogP contribution in [0.3, 0.4) is 0 Å². The van der Waals surface area contributed by atoms with E-state index >= 15 is 0 Å². The summed E-state index contributed by atoms with van der Waals surface area (Å²) in [5, 5.41) is 0. The van der Waals surface area contributed by atoms with Crippen LogP contribution in [0.5, 0.6) is 0 Å². The summed E-state index contributed by atoms with van der Waals surface area (Å²) >= 11 is 0. The molecule has 5 aliphatic rings. The molecule has 176 valence electrons. The van der Waals surface area contributed by atoms with Gasteiger partial charge in [0.15, 0.2) is 0 Å². The first-order valence-electron chi connectivity index (χ1n) is 13.2. The van der Waals surface area contributed by atoms with Gasteiger partial charge in [-0.15, -0.1) is 0 Å². The van der Waals surface area contributed by atoms with Crippen LogP contribution < -0.4 is 0 Å². The van der Waals surface area contributed by atoms with Gasteiger partial charge in [-0.3, -0.25) is 4.79 Å². The van der Waals surface area contributed by atoms with Gasteiger partial charge in [0.25, 0.3) is 0 Å². The molecule has 5 rings (SSSR count). The minimum Gasteiger partial charge on any atom is -0.470 e. The largest absolute Gasteiger partial charge is 0.470 e. The third-order valence-electron chi connectivity index (χ3n) is 10.3. The molecule has 0 bridgehead atoms. The summed E-state index contributed by atoms with van der Waals surface area (Å²) < 4.78 is 11.8. The maximum absolute atomic E-state index is 11.5. The third kappa shape index (κ3) is 3.32. The number of esters is 1. The normalized spacial score (nSPS) is 42.6. The van der Waals surface area contributed by atoms with Gasteiger partial charge < -0.3 is 9.47 Å². The first-order chi connectivity index (χ1) is 15.3. The van der Waals surface area contributed by atoms with Crippen molar-refractivity contribution in [1.82, 2.24) is 0 Å². The number of hydrogen-bond acceptors (Lipinski definition) is 3. The highest BCUT2D eigenvalue weighted by molar-refractivity contribution is 5.66. The summed E-state index contributed by atoms with van der Waals surface area (Å²) in [6.45, 7) is 11.1. The number of rotatable bonds is 4. The highest BCUT2D eigenvalue weighted by Gasteiger charge is 2.60. The van der Waals surface area contributed by atoms with E-state index in [1.54, 1.807) is 23.6 Å². The molecule has 3 heteroatoms. The second-order valence-electron chi connectivity index (χ2n) is 11.9. The monoisotopic (exact) mass is 438 g/mol. The maximum Gasteiger partial charge on any atom is 0.302 e. The minimum absolute atomic E-state index is 0.0859. The first-order valence-corrected chi connectivity index (χ1v) is 13.2. The quantitative estimate of drug-likeness (QED) is 0.337. The second kappa shape index (κ2) is 8.06. The number of hydrogen-bond donors (Lipinski definition) is 0. The Morgan fingerprint density at radius 1 is 1.19 bits per heavy atom.